The van der Waals surface area contributed by atoms with Crippen molar-refractivity contribution in [3.8, 4) is 5.75 Å². The average molecular weight is 259 g/mol. The lowest BCUT2D eigenvalue weighted by Crippen LogP contribution is -2.06. The first-order chi connectivity index (χ1) is 9.01. The Labute approximate surface area is 114 Å². The number of nitrogens with one attached hydrogen (secondary N) is 1. The van der Waals surface area contributed by atoms with Gasteiger partial charge in [0.25, 0.3) is 0 Å². The van der Waals surface area contributed by atoms with E-state index >= 15 is 0 Å². The number of aryl methyl sites for hydroxylation is 2. The summed E-state index contributed by atoms with van der Waals surface area (Å²) < 4.78 is 7.50. The number of ether oxygens (including phenoxy) is 1. The van der Waals surface area contributed by atoms with E-state index in [9.17, 15) is 0 Å². The van der Waals surface area contributed by atoms with Crippen LogP contribution < -0.4 is 10.1 Å². The highest BCUT2D eigenvalue weighted by Crippen LogP contribution is 2.29. The fourth-order valence-corrected chi connectivity index (χ4v) is 2.04. The number of rotatable bonds is 4. The lowest BCUT2D eigenvalue weighted by Gasteiger charge is -2.15. The van der Waals surface area contributed by atoms with Gasteiger partial charge in [0.15, 0.2) is 0 Å². The van der Waals surface area contributed by atoms with Gasteiger partial charge in [-0.25, -0.2) is 4.98 Å². The molecule has 4 nitrogen and oxygen atoms in total. The highest BCUT2D eigenvalue weighted by Gasteiger charge is 2.11. The quantitative estimate of drug-likeness (QED) is 0.907. The van der Waals surface area contributed by atoms with Crippen LogP contribution in [0.4, 0.5) is 11.6 Å². The van der Waals surface area contributed by atoms with Crippen LogP contribution in [0.1, 0.15) is 31.1 Å². The molecule has 0 fully saturated rings. The summed E-state index contributed by atoms with van der Waals surface area (Å²) in [4.78, 5) is 4.53. The van der Waals surface area contributed by atoms with Gasteiger partial charge in [-0.05, 0) is 45.4 Å². The van der Waals surface area contributed by atoms with Crippen molar-refractivity contribution in [2.45, 2.75) is 33.7 Å². The predicted octanol–water partition coefficient (Wildman–Crippen LogP) is 3.83. The van der Waals surface area contributed by atoms with E-state index in [0.717, 1.165) is 23.1 Å². The largest absolute Gasteiger partial charge is 0.495 e. The number of imidazole rings is 1. The van der Waals surface area contributed by atoms with Crippen LogP contribution in [0.15, 0.2) is 24.4 Å². The van der Waals surface area contributed by atoms with Crippen molar-refractivity contribution in [1.29, 1.82) is 0 Å². The van der Waals surface area contributed by atoms with E-state index < -0.39 is 0 Å². The Morgan fingerprint density at radius 2 is 2.00 bits per heavy atom. The Hall–Kier alpha value is -1.97. The van der Waals surface area contributed by atoms with Crippen molar-refractivity contribution in [1.82, 2.24) is 9.55 Å². The Morgan fingerprint density at radius 3 is 2.63 bits per heavy atom. The number of aromatic nitrogens is 2. The second-order valence-electron chi connectivity index (χ2n) is 5.04. The molecule has 0 aliphatic carbocycles. The molecule has 0 saturated heterocycles. The minimum absolute atomic E-state index is 0.361. The number of nitrogens with zero attached hydrogens (tertiary/aromatic N) is 2. The molecule has 4 heteroatoms. The molecular weight excluding hydrogens is 238 g/mol. The molecule has 0 aliphatic heterocycles. The first-order valence-electron chi connectivity index (χ1n) is 6.48. The van der Waals surface area contributed by atoms with Crippen molar-refractivity contribution in [2.24, 2.45) is 0 Å². The molecule has 0 bridgehead atoms. The van der Waals surface area contributed by atoms with E-state index in [1.54, 1.807) is 7.11 Å². The second-order valence-corrected chi connectivity index (χ2v) is 5.04. The van der Waals surface area contributed by atoms with Crippen LogP contribution >= 0.6 is 0 Å². The lowest BCUT2D eigenvalue weighted by atomic mass is 10.2. The molecular formula is C15H21N3O. The van der Waals surface area contributed by atoms with E-state index in [1.807, 2.05) is 19.1 Å². The van der Waals surface area contributed by atoms with Crippen molar-refractivity contribution < 1.29 is 4.74 Å². The highest BCUT2D eigenvalue weighted by atomic mass is 16.5. The summed E-state index contributed by atoms with van der Waals surface area (Å²) in [7, 11) is 1.68. The number of anilines is 2. The number of hydrogen-bond donors (Lipinski definition) is 1. The summed E-state index contributed by atoms with van der Waals surface area (Å²) in [6.45, 7) is 8.34. The van der Waals surface area contributed by atoms with E-state index in [0.29, 0.717) is 6.04 Å². The van der Waals surface area contributed by atoms with Crippen LogP contribution in [-0.4, -0.2) is 16.7 Å². The van der Waals surface area contributed by atoms with Crippen LogP contribution in [0.5, 0.6) is 5.75 Å². The topological polar surface area (TPSA) is 39.1 Å². The van der Waals surface area contributed by atoms with Crippen LogP contribution in [0.2, 0.25) is 0 Å². The van der Waals surface area contributed by atoms with Gasteiger partial charge in [0, 0.05) is 12.2 Å². The molecule has 1 aromatic carbocycles. The number of hydrogen-bond acceptors (Lipinski definition) is 3. The molecule has 0 aliphatic rings. The van der Waals surface area contributed by atoms with Crippen LogP contribution in [-0.2, 0) is 0 Å². The number of benzene rings is 1. The van der Waals surface area contributed by atoms with Gasteiger partial charge >= 0.3 is 0 Å². The molecule has 0 unspecified atom stereocenters. The monoisotopic (exact) mass is 259 g/mol. The minimum atomic E-state index is 0.361. The smallest absolute Gasteiger partial charge is 0.207 e. The molecule has 1 heterocycles. The van der Waals surface area contributed by atoms with Gasteiger partial charge in [-0.2, -0.15) is 0 Å². The van der Waals surface area contributed by atoms with E-state index in [4.69, 9.17) is 4.74 Å². The molecule has 0 atom stereocenters. The Kier molecular flexibility index (Phi) is 3.79. The van der Waals surface area contributed by atoms with Crippen molar-refractivity contribution in [3.05, 3.63) is 35.7 Å². The van der Waals surface area contributed by atoms with Crippen molar-refractivity contribution >= 4 is 11.6 Å². The standard InChI is InChI=1S/C15H21N3O/c1-10(2)18-9-12(4)16-15(18)17-13-8-11(3)6-7-14(13)19-5/h6-10H,1-5H3,(H,16,17). The molecule has 0 saturated carbocycles. The summed E-state index contributed by atoms with van der Waals surface area (Å²) >= 11 is 0. The van der Waals surface area contributed by atoms with Crippen molar-refractivity contribution in [3.63, 3.8) is 0 Å². The summed E-state index contributed by atoms with van der Waals surface area (Å²) in [6, 6.07) is 6.42. The second kappa shape index (κ2) is 5.34. The average Bonchev–Trinajstić information content (AvgIpc) is 2.71. The molecule has 0 amide bonds. The van der Waals surface area contributed by atoms with Gasteiger partial charge in [-0.1, -0.05) is 6.07 Å². The fourth-order valence-electron chi connectivity index (χ4n) is 2.04. The first kappa shape index (κ1) is 13.5. The summed E-state index contributed by atoms with van der Waals surface area (Å²) in [5.74, 6) is 1.66. The normalized spacial score (nSPS) is 10.8. The SMILES string of the molecule is COc1ccc(C)cc1Nc1nc(C)cn1C(C)C. The third kappa shape index (κ3) is 2.89. The highest BCUT2D eigenvalue weighted by molar-refractivity contribution is 5.64. The number of methoxy groups -OCH3 is 1. The van der Waals surface area contributed by atoms with Gasteiger partial charge in [-0.3, -0.25) is 0 Å². The molecule has 0 radical (unpaired) electrons. The van der Waals surface area contributed by atoms with E-state index in [1.165, 1.54) is 5.56 Å². The third-order valence-corrected chi connectivity index (χ3v) is 3.01. The molecule has 1 N–H and O–H groups in total. The molecule has 102 valence electrons. The summed E-state index contributed by atoms with van der Waals surface area (Å²) in [5, 5.41) is 3.36. The summed E-state index contributed by atoms with van der Waals surface area (Å²) in [6.07, 6.45) is 2.05. The zero-order valence-electron chi connectivity index (χ0n) is 12.2. The fraction of sp³-hybridized carbons (Fsp3) is 0.400. The van der Waals surface area contributed by atoms with E-state index in [-0.39, 0.29) is 0 Å². The zero-order chi connectivity index (χ0) is 14.0. The van der Waals surface area contributed by atoms with Gasteiger partial charge in [0.2, 0.25) is 5.95 Å². The van der Waals surface area contributed by atoms with Crippen LogP contribution in [0.3, 0.4) is 0 Å². The Bertz CT molecular complexity index is 573. The van der Waals surface area contributed by atoms with Crippen LogP contribution in [0, 0.1) is 13.8 Å². The lowest BCUT2D eigenvalue weighted by molar-refractivity contribution is 0.416. The molecule has 19 heavy (non-hydrogen) atoms. The molecule has 0 spiro atoms. The van der Waals surface area contributed by atoms with Crippen molar-refractivity contribution in [2.75, 3.05) is 12.4 Å². The Balaban J connectivity index is 2.38. The Morgan fingerprint density at radius 1 is 1.26 bits per heavy atom. The molecule has 1 aromatic heterocycles. The van der Waals surface area contributed by atoms with Gasteiger partial charge in [0.1, 0.15) is 5.75 Å². The zero-order valence-corrected chi connectivity index (χ0v) is 12.2. The van der Waals surface area contributed by atoms with Gasteiger partial charge in [-0.15, -0.1) is 0 Å². The maximum atomic E-state index is 5.38. The molecule has 2 aromatic rings. The van der Waals surface area contributed by atoms with E-state index in [2.05, 4.69) is 47.9 Å². The molecule has 2 rings (SSSR count). The van der Waals surface area contributed by atoms with Gasteiger partial charge < -0.3 is 14.6 Å². The summed E-state index contributed by atoms with van der Waals surface area (Å²) in [5.41, 5.74) is 3.13. The minimum Gasteiger partial charge on any atom is -0.495 e. The first-order valence-corrected chi connectivity index (χ1v) is 6.48. The third-order valence-electron chi connectivity index (χ3n) is 3.01. The predicted molar refractivity (Wildman–Crippen MR) is 78.4 cm³/mol. The van der Waals surface area contributed by atoms with Gasteiger partial charge in [0.05, 0.1) is 18.5 Å². The maximum Gasteiger partial charge on any atom is 0.207 e. The van der Waals surface area contributed by atoms with Crippen LogP contribution in [0.25, 0.3) is 0 Å². The maximum absolute atomic E-state index is 5.38.